The maximum absolute atomic E-state index is 11.8. The van der Waals surface area contributed by atoms with Crippen LogP contribution in [-0.2, 0) is 14.3 Å². The van der Waals surface area contributed by atoms with E-state index in [2.05, 4.69) is 15.4 Å². The summed E-state index contributed by atoms with van der Waals surface area (Å²) in [4.78, 5) is 33.9. The summed E-state index contributed by atoms with van der Waals surface area (Å²) in [5.74, 6) is -1.69. The number of hydrogen-bond donors (Lipinski definition) is 3. The van der Waals surface area contributed by atoms with Gasteiger partial charge in [0.1, 0.15) is 6.04 Å². The van der Waals surface area contributed by atoms with Gasteiger partial charge < -0.3 is 20.5 Å². The van der Waals surface area contributed by atoms with Crippen molar-refractivity contribution in [2.75, 3.05) is 7.11 Å². The summed E-state index contributed by atoms with van der Waals surface area (Å²) in [6, 6.07) is -1.67. The van der Waals surface area contributed by atoms with Crippen molar-refractivity contribution < 1.29 is 24.2 Å². The summed E-state index contributed by atoms with van der Waals surface area (Å²) in [5, 5.41) is 14.1. The topological polar surface area (TPSA) is 105 Å². The summed E-state index contributed by atoms with van der Waals surface area (Å²) < 4.78 is 4.44. The molecule has 0 fully saturated rings. The molecule has 7 nitrogen and oxygen atoms in total. The predicted molar refractivity (Wildman–Crippen MR) is 73.3 cm³/mol. The highest BCUT2D eigenvalue weighted by Gasteiger charge is 2.26. The van der Waals surface area contributed by atoms with Crippen molar-refractivity contribution in [1.82, 2.24) is 10.6 Å². The second kappa shape index (κ2) is 8.39. The number of methoxy groups -OCH3 is 1. The predicted octanol–water partition coefficient (Wildman–Crippen LogP) is 1.27. The molecular formula is C13H24N2O5. The van der Waals surface area contributed by atoms with E-state index in [0.717, 1.165) is 12.8 Å². The van der Waals surface area contributed by atoms with Crippen LogP contribution in [0.5, 0.6) is 0 Å². The van der Waals surface area contributed by atoms with Gasteiger partial charge in [-0.2, -0.15) is 0 Å². The summed E-state index contributed by atoms with van der Waals surface area (Å²) in [5.41, 5.74) is -0.379. The van der Waals surface area contributed by atoms with E-state index in [0.29, 0.717) is 0 Å². The number of urea groups is 1. The fourth-order valence-corrected chi connectivity index (χ4v) is 1.52. The number of amides is 2. The van der Waals surface area contributed by atoms with Gasteiger partial charge in [-0.05, 0) is 26.2 Å². The maximum atomic E-state index is 11.8. The van der Waals surface area contributed by atoms with Crippen LogP contribution in [0.3, 0.4) is 0 Å². The Morgan fingerprint density at radius 1 is 1.25 bits per heavy atom. The number of esters is 1. The number of carboxylic acids is 1. The molecule has 3 N–H and O–H groups in total. The van der Waals surface area contributed by atoms with Gasteiger partial charge in [-0.3, -0.25) is 4.79 Å². The van der Waals surface area contributed by atoms with Crippen LogP contribution in [0.2, 0.25) is 0 Å². The van der Waals surface area contributed by atoms with Crippen LogP contribution in [0.4, 0.5) is 4.79 Å². The van der Waals surface area contributed by atoms with Crippen molar-refractivity contribution in [3.63, 3.8) is 0 Å². The molecule has 0 rings (SSSR count). The lowest BCUT2D eigenvalue weighted by atomic mass is 9.96. The van der Waals surface area contributed by atoms with Gasteiger partial charge in [-0.25, -0.2) is 9.59 Å². The molecule has 0 aromatic rings. The smallest absolute Gasteiger partial charge is 0.326 e. The second-order valence-electron chi connectivity index (χ2n) is 4.87. The van der Waals surface area contributed by atoms with Gasteiger partial charge in [0, 0.05) is 12.0 Å². The Morgan fingerprint density at radius 2 is 1.80 bits per heavy atom. The van der Waals surface area contributed by atoms with Crippen LogP contribution < -0.4 is 10.6 Å². The first-order valence-electron chi connectivity index (χ1n) is 6.66. The average Bonchev–Trinajstić information content (AvgIpc) is 2.42. The molecule has 0 saturated heterocycles. The highest BCUT2D eigenvalue weighted by Crippen LogP contribution is 2.13. The number of aliphatic carboxylic acids is 1. The Labute approximate surface area is 119 Å². The Kier molecular flexibility index (Phi) is 7.64. The van der Waals surface area contributed by atoms with Gasteiger partial charge in [-0.1, -0.05) is 13.8 Å². The number of carbonyl (C=O) groups excluding carboxylic acids is 2. The lowest BCUT2D eigenvalue weighted by molar-refractivity contribution is -0.142. The lowest BCUT2D eigenvalue weighted by Gasteiger charge is -2.29. The molecule has 116 valence electrons. The van der Waals surface area contributed by atoms with E-state index in [9.17, 15) is 14.4 Å². The standard InChI is InChI=1S/C13H24N2O5/c1-5-13(3,6-2)15-12(19)14-9(11(17)18)7-8-10(16)20-4/h9H,5-8H2,1-4H3,(H,17,18)(H2,14,15,19)/t9-/m0/s1. The fraction of sp³-hybridized carbons (Fsp3) is 0.769. The van der Waals surface area contributed by atoms with E-state index in [1.54, 1.807) is 0 Å². The Morgan fingerprint density at radius 3 is 2.20 bits per heavy atom. The summed E-state index contributed by atoms with van der Waals surface area (Å²) in [6.07, 6.45) is 1.39. The lowest BCUT2D eigenvalue weighted by Crippen LogP contribution is -2.53. The third kappa shape index (κ3) is 6.40. The molecule has 0 bridgehead atoms. The number of rotatable bonds is 8. The quantitative estimate of drug-likeness (QED) is 0.583. The number of nitrogens with one attached hydrogen (secondary N) is 2. The zero-order valence-electron chi connectivity index (χ0n) is 12.5. The Bertz CT molecular complexity index is 353. The summed E-state index contributed by atoms with van der Waals surface area (Å²) in [7, 11) is 1.23. The van der Waals surface area contributed by atoms with Crippen LogP contribution in [0.25, 0.3) is 0 Å². The second-order valence-corrected chi connectivity index (χ2v) is 4.87. The molecule has 0 aromatic carbocycles. The van der Waals surface area contributed by atoms with E-state index in [1.807, 2.05) is 20.8 Å². The number of ether oxygens (including phenoxy) is 1. The van der Waals surface area contributed by atoms with Crippen LogP contribution in [0.15, 0.2) is 0 Å². The first-order chi connectivity index (χ1) is 9.27. The summed E-state index contributed by atoms with van der Waals surface area (Å²) in [6.45, 7) is 5.77. The third-order valence-electron chi connectivity index (χ3n) is 3.44. The molecule has 0 aliphatic heterocycles. The first-order valence-corrected chi connectivity index (χ1v) is 6.66. The molecule has 2 amide bonds. The molecule has 7 heteroatoms. The average molecular weight is 288 g/mol. The molecule has 0 aromatic heterocycles. The zero-order valence-corrected chi connectivity index (χ0v) is 12.5. The highest BCUT2D eigenvalue weighted by atomic mass is 16.5. The van der Waals surface area contributed by atoms with Crippen molar-refractivity contribution >= 4 is 18.0 Å². The number of carboxylic acid groups (broad SMARTS) is 1. The molecule has 0 aliphatic carbocycles. The van der Waals surface area contributed by atoms with Crippen molar-refractivity contribution in [3.05, 3.63) is 0 Å². The molecule has 0 radical (unpaired) electrons. The number of carbonyl (C=O) groups is 3. The normalized spacial score (nSPS) is 12.4. The van der Waals surface area contributed by atoms with Gasteiger partial charge in [0.05, 0.1) is 7.11 Å². The van der Waals surface area contributed by atoms with Crippen molar-refractivity contribution in [2.45, 2.75) is 58.0 Å². The fourth-order valence-electron chi connectivity index (χ4n) is 1.52. The van der Waals surface area contributed by atoms with E-state index >= 15 is 0 Å². The third-order valence-corrected chi connectivity index (χ3v) is 3.44. The molecule has 0 heterocycles. The molecule has 0 spiro atoms. The zero-order chi connectivity index (χ0) is 15.8. The molecule has 0 saturated carbocycles. The minimum Gasteiger partial charge on any atom is -0.480 e. The SMILES string of the molecule is CCC(C)(CC)NC(=O)N[C@@H](CCC(=O)OC)C(=O)O. The monoisotopic (exact) mass is 288 g/mol. The van der Waals surface area contributed by atoms with E-state index < -0.39 is 24.0 Å². The van der Waals surface area contributed by atoms with Gasteiger partial charge in [0.15, 0.2) is 0 Å². The van der Waals surface area contributed by atoms with Crippen LogP contribution >= 0.6 is 0 Å². The molecule has 20 heavy (non-hydrogen) atoms. The van der Waals surface area contributed by atoms with Crippen LogP contribution in [-0.4, -0.2) is 41.8 Å². The van der Waals surface area contributed by atoms with E-state index in [-0.39, 0.29) is 18.4 Å². The van der Waals surface area contributed by atoms with Crippen molar-refractivity contribution in [1.29, 1.82) is 0 Å². The van der Waals surface area contributed by atoms with Gasteiger partial charge >= 0.3 is 18.0 Å². The van der Waals surface area contributed by atoms with E-state index in [1.165, 1.54) is 7.11 Å². The van der Waals surface area contributed by atoms with Gasteiger partial charge in [-0.15, -0.1) is 0 Å². The van der Waals surface area contributed by atoms with E-state index in [4.69, 9.17) is 5.11 Å². The molecule has 0 unspecified atom stereocenters. The van der Waals surface area contributed by atoms with Gasteiger partial charge in [0.2, 0.25) is 0 Å². The first kappa shape index (κ1) is 18.2. The van der Waals surface area contributed by atoms with Crippen molar-refractivity contribution in [2.24, 2.45) is 0 Å². The molecule has 1 atom stereocenters. The van der Waals surface area contributed by atoms with Crippen LogP contribution in [0.1, 0.15) is 46.5 Å². The minimum atomic E-state index is -1.18. The van der Waals surface area contributed by atoms with Crippen LogP contribution in [0, 0.1) is 0 Å². The minimum absolute atomic E-state index is 0.00953. The van der Waals surface area contributed by atoms with Gasteiger partial charge in [0.25, 0.3) is 0 Å². The molecule has 0 aliphatic rings. The maximum Gasteiger partial charge on any atom is 0.326 e. The largest absolute Gasteiger partial charge is 0.480 e. The summed E-state index contributed by atoms with van der Waals surface area (Å²) >= 11 is 0. The van der Waals surface area contributed by atoms with Crippen molar-refractivity contribution in [3.8, 4) is 0 Å². The molecular weight excluding hydrogens is 264 g/mol. The Hall–Kier alpha value is -1.79. The highest BCUT2D eigenvalue weighted by molar-refractivity contribution is 5.83. The number of hydrogen-bond acceptors (Lipinski definition) is 4. The Balaban J connectivity index is 4.48.